The molecule has 0 aliphatic carbocycles. The SMILES string of the molecule is CN=C(NCc1ccc(N2CCN(C)CC2)nc1)NCC(C)c1ccsc1.I. The van der Waals surface area contributed by atoms with Crippen molar-refractivity contribution in [3.05, 3.63) is 46.3 Å². The molecule has 0 radical (unpaired) electrons. The van der Waals surface area contributed by atoms with Crippen LogP contribution in [0.4, 0.5) is 5.82 Å². The van der Waals surface area contributed by atoms with Crippen molar-refractivity contribution in [2.45, 2.75) is 19.4 Å². The number of pyridine rings is 1. The molecule has 2 N–H and O–H groups in total. The number of piperazine rings is 1. The maximum Gasteiger partial charge on any atom is 0.191 e. The molecule has 28 heavy (non-hydrogen) atoms. The van der Waals surface area contributed by atoms with Crippen LogP contribution in [0.15, 0.2) is 40.1 Å². The van der Waals surface area contributed by atoms with Crippen molar-refractivity contribution in [3.8, 4) is 0 Å². The fourth-order valence-electron chi connectivity index (χ4n) is 3.07. The van der Waals surface area contributed by atoms with Crippen molar-refractivity contribution in [1.82, 2.24) is 20.5 Å². The van der Waals surface area contributed by atoms with E-state index < -0.39 is 0 Å². The molecule has 1 aliphatic heterocycles. The highest BCUT2D eigenvalue weighted by molar-refractivity contribution is 14.0. The fraction of sp³-hybridized carbons (Fsp3) is 0.500. The first-order chi connectivity index (χ1) is 13.2. The Balaban J connectivity index is 0.00000280. The molecule has 1 unspecified atom stereocenters. The number of rotatable bonds is 6. The molecule has 3 rings (SSSR count). The Bertz CT molecular complexity index is 711. The summed E-state index contributed by atoms with van der Waals surface area (Å²) in [6, 6.07) is 6.45. The fourth-order valence-corrected chi connectivity index (χ4v) is 3.86. The summed E-state index contributed by atoms with van der Waals surface area (Å²) in [7, 11) is 3.97. The maximum atomic E-state index is 4.65. The van der Waals surface area contributed by atoms with Crippen LogP contribution >= 0.6 is 35.3 Å². The van der Waals surface area contributed by atoms with Gasteiger partial charge in [-0.15, -0.1) is 24.0 Å². The van der Waals surface area contributed by atoms with Gasteiger partial charge in [0.1, 0.15) is 5.82 Å². The number of likely N-dealkylation sites (N-methyl/N-ethyl adjacent to an activating group) is 1. The summed E-state index contributed by atoms with van der Waals surface area (Å²) < 4.78 is 0. The molecular formula is C20H31IN6S. The van der Waals surface area contributed by atoms with Crippen molar-refractivity contribution >= 4 is 47.1 Å². The van der Waals surface area contributed by atoms with Gasteiger partial charge >= 0.3 is 0 Å². The predicted molar refractivity (Wildman–Crippen MR) is 130 cm³/mol. The summed E-state index contributed by atoms with van der Waals surface area (Å²) in [4.78, 5) is 13.7. The first-order valence-corrected chi connectivity index (χ1v) is 10.4. The van der Waals surface area contributed by atoms with Gasteiger partial charge in [0.25, 0.3) is 0 Å². The average molecular weight is 514 g/mol. The molecule has 2 aromatic rings. The zero-order chi connectivity index (χ0) is 19.1. The molecule has 0 aromatic carbocycles. The van der Waals surface area contributed by atoms with Gasteiger partial charge in [0.2, 0.25) is 0 Å². The van der Waals surface area contributed by atoms with Gasteiger partial charge in [-0.05, 0) is 47.0 Å². The van der Waals surface area contributed by atoms with Crippen LogP contribution in [0, 0.1) is 0 Å². The van der Waals surface area contributed by atoms with E-state index in [1.807, 2.05) is 6.20 Å². The number of aromatic nitrogens is 1. The van der Waals surface area contributed by atoms with E-state index in [2.05, 4.69) is 73.3 Å². The van der Waals surface area contributed by atoms with Gasteiger partial charge in [0.05, 0.1) is 0 Å². The van der Waals surface area contributed by atoms with Gasteiger partial charge < -0.3 is 20.4 Å². The summed E-state index contributed by atoms with van der Waals surface area (Å²) >= 11 is 1.74. The van der Waals surface area contributed by atoms with Crippen molar-refractivity contribution < 1.29 is 0 Å². The Morgan fingerprint density at radius 3 is 2.61 bits per heavy atom. The van der Waals surface area contributed by atoms with Gasteiger partial charge in [-0.3, -0.25) is 4.99 Å². The first-order valence-electron chi connectivity index (χ1n) is 9.50. The van der Waals surface area contributed by atoms with Crippen LogP contribution in [0.3, 0.4) is 0 Å². The van der Waals surface area contributed by atoms with Crippen LogP contribution in [-0.2, 0) is 6.54 Å². The molecule has 1 atom stereocenters. The second-order valence-electron chi connectivity index (χ2n) is 7.08. The first kappa shape index (κ1) is 22.9. The van der Waals surface area contributed by atoms with E-state index in [-0.39, 0.29) is 24.0 Å². The molecule has 0 saturated carbocycles. The Kier molecular flexibility index (Phi) is 9.46. The summed E-state index contributed by atoms with van der Waals surface area (Å²) in [6.07, 6.45) is 1.96. The number of nitrogens with zero attached hydrogens (tertiary/aromatic N) is 4. The Morgan fingerprint density at radius 1 is 1.21 bits per heavy atom. The van der Waals surface area contributed by atoms with E-state index in [4.69, 9.17) is 0 Å². The van der Waals surface area contributed by atoms with Crippen LogP contribution in [0.5, 0.6) is 0 Å². The van der Waals surface area contributed by atoms with E-state index in [1.54, 1.807) is 18.4 Å². The molecule has 154 valence electrons. The summed E-state index contributed by atoms with van der Waals surface area (Å²) in [5, 5.41) is 11.1. The molecule has 0 bridgehead atoms. The molecule has 3 heterocycles. The third-order valence-electron chi connectivity index (χ3n) is 5.01. The normalized spacial score (nSPS) is 16.4. The standard InChI is InChI=1S/C20H30N6S.HI/c1-16(18-6-11-27-15-18)12-23-20(21-2)24-14-17-4-5-19(22-13-17)26-9-7-25(3)8-10-26;/h4-6,11,13,15-16H,7-10,12,14H2,1-3H3,(H2,21,23,24);1H. The van der Waals surface area contributed by atoms with Crippen molar-refractivity contribution in [1.29, 1.82) is 0 Å². The summed E-state index contributed by atoms with van der Waals surface area (Å²) in [5.41, 5.74) is 2.52. The number of halogens is 1. The van der Waals surface area contributed by atoms with E-state index in [0.717, 1.165) is 50.1 Å². The van der Waals surface area contributed by atoms with Gasteiger partial charge in [-0.1, -0.05) is 13.0 Å². The highest BCUT2D eigenvalue weighted by atomic mass is 127. The summed E-state index contributed by atoms with van der Waals surface area (Å²) in [5.74, 6) is 2.35. The van der Waals surface area contributed by atoms with Crippen LogP contribution in [-0.4, -0.2) is 62.7 Å². The number of thiophene rings is 1. The number of nitrogens with one attached hydrogen (secondary N) is 2. The third-order valence-corrected chi connectivity index (χ3v) is 5.71. The Hall–Kier alpha value is -1.39. The summed E-state index contributed by atoms with van der Waals surface area (Å²) in [6.45, 7) is 8.07. The van der Waals surface area contributed by atoms with E-state index in [1.165, 1.54) is 5.56 Å². The highest BCUT2D eigenvalue weighted by Crippen LogP contribution is 2.17. The van der Waals surface area contributed by atoms with Crippen molar-refractivity contribution in [2.24, 2.45) is 4.99 Å². The van der Waals surface area contributed by atoms with E-state index in [9.17, 15) is 0 Å². The van der Waals surface area contributed by atoms with Crippen LogP contribution in [0.2, 0.25) is 0 Å². The van der Waals surface area contributed by atoms with Crippen LogP contribution < -0.4 is 15.5 Å². The van der Waals surface area contributed by atoms with Gasteiger partial charge in [0, 0.05) is 52.5 Å². The average Bonchev–Trinajstić information content (AvgIpc) is 3.24. The van der Waals surface area contributed by atoms with Crippen LogP contribution in [0.1, 0.15) is 24.0 Å². The lowest BCUT2D eigenvalue weighted by Crippen LogP contribution is -2.44. The lowest BCUT2D eigenvalue weighted by Gasteiger charge is -2.33. The van der Waals surface area contributed by atoms with E-state index in [0.29, 0.717) is 12.5 Å². The molecular weight excluding hydrogens is 483 g/mol. The smallest absolute Gasteiger partial charge is 0.191 e. The third kappa shape index (κ3) is 6.59. The zero-order valence-corrected chi connectivity index (χ0v) is 20.0. The molecule has 8 heteroatoms. The van der Waals surface area contributed by atoms with Crippen LogP contribution in [0.25, 0.3) is 0 Å². The Morgan fingerprint density at radius 2 is 2.00 bits per heavy atom. The van der Waals surface area contributed by atoms with Gasteiger partial charge in [0.15, 0.2) is 5.96 Å². The lowest BCUT2D eigenvalue weighted by molar-refractivity contribution is 0.312. The largest absolute Gasteiger partial charge is 0.356 e. The molecule has 2 aromatic heterocycles. The maximum absolute atomic E-state index is 4.65. The predicted octanol–water partition coefficient (Wildman–Crippen LogP) is 2.98. The second-order valence-corrected chi connectivity index (χ2v) is 7.86. The van der Waals surface area contributed by atoms with Gasteiger partial charge in [-0.25, -0.2) is 4.98 Å². The quantitative estimate of drug-likeness (QED) is 0.353. The minimum absolute atomic E-state index is 0. The van der Waals surface area contributed by atoms with Crippen molar-refractivity contribution in [3.63, 3.8) is 0 Å². The van der Waals surface area contributed by atoms with Crippen molar-refractivity contribution in [2.75, 3.05) is 51.7 Å². The zero-order valence-electron chi connectivity index (χ0n) is 16.9. The van der Waals surface area contributed by atoms with Gasteiger partial charge in [-0.2, -0.15) is 11.3 Å². The highest BCUT2D eigenvalue weighted by Gasteiger charge is 2.15. The topological polar surface area (TPSA) is 55.8 Å². The molecule has 1 saturated heterocycles. The lowest BCUT2D eigenvalue weighted by atomic mass is 10.1. The molecule has 0 spiro atoms. The number of hydrogen-bond acceptors (Lipinski definition) is 5. The monoisotopic (exact) mass is 514 g/mol. The molecule has 1 fully saturated rings. The molecule has 1 aliphatic rings. The number of guanidine groups is 1. The Labute approximate surface area is 189 Å². The molecule has 0 amide bonds. The minimum Gasteiger partial charge on any atom is -0.356 e. The molecule has 6 nitrogen and oxygen atoms in total. The number of hydrogen-bond donors (Lipinski definition) is 2. The number of anilines is 1. The number of aliphatic imine (C=N–C) groups is 1. The second kappa shape index (κ2) is 11.6. The minimum atomic E-state index is 0. The van der Waals surface area contributed by atoms with E-state index >= 15 is 0 Å².